The van der Waals surface area contributed by atoms with E-state index in [2.05, 4.69) is 15.9 Å². The summed E-state index contributed by atoms with van der Waals surface area (Å²) >= 11 is 3.09. The first-order valence-electron chi connectivity index (χ1n) is 4.92. The molecule has 1 rings (SSSR count). The molecule has 0 spiro atoms. The van der Waals surface area contributed by atoms with Gasteiger partial charge >= 0.3 is 0 Å². The van der Waals surface area contributed by atoms with E-state index in [1.807, 2.05) is 6.92 Å². The second kappa shape index (κ2) is 5.05. The lowest BCUT2D eigenvalue weighted by Crippen LogP contribution is -2.35. The molecule has 2 nitrogen and oxygen atoms in total. The second-order valence-corrected chi connectivity index (χ2v) is 4.44. The van der Waals surface area contributed by atoms with Gasteiger partial charge in [-0.1, -0.05) is 25.5 Å². The van der Waals surface area contributed by atoms with E-state index >= 15 is 0 Å². The van der Waals surface area contributed by atoms with Gasteiger partial charge in [-0.25, -0.2) is 4.39 Å². The first-order valence-corrected chi connectivity index (χ1v) is 5.71. The lowest BCUT2D eigenvalue weighted by molar-refractivity contribution is 0.0323. The van der Waals surface area contributed by atoms with E-state index in [4.69, 9.17) is 5.73 Å². The molecule has 0 aliphatic rings. The molecule has 1 aromatic rings. The van der Waals surface area contributed by atoms with Crippen molar-refractivity contribution in [1.82, 2.24) is 0 Å². The maximum Gasteiger partial charge on any atom is 0.143 e. The van der Waals surface area contributed by atoms with Gasteiger partial charge in [-0.15, -0.1) is 0 Å². The zero-order valence-corrected chi connectivity index (χ0v) is 10.2. The van der Waals surface area contributed by atoms with E-state index in [9.17, 15) is 9.50 Å². The molecule has 3 N–H and O–H groups in total. The Hall–Kier alpha value is -0.450. The summed E-state index contributed by atoms with van der Waals surface area (Å²) in [6, 6.07) is 4.86. The van der Waals surface area contributed by atoms with Crippen LogP contribution >= 0.6 is 15.9 Å². The van der Waals surface area contributed by atoms with Crippen LogP contribution in [0, 0.1) is 5.82 Å². The second-order valence-electron chi connectivity index (χ2n) is 3.59. The van der Waals surface area contributed by atoms with E-state index < -0.39 is 11.4 Å². The third-order valence-corrected chi connectivity index (χ3v) is 3.07. The number of benzene rings is 1. The lowest BCUT2D eigenvalue weighted by atomic mass is 9.89. The van der Waals surface area contributed by atoms with E-state index in [1.165, 1.54) is 0 Å². The molecule has 1 atom stereocenters. The van der Waals surface area contributed by atoms with Gasteiger partial charge in [0.2, 0.25) is 0 Å². The molecule has 0 fully saturated rings. The minimum atomic E-state index is -1.26. The lowest BCUT2D eigenvalue weighted by Gasteiger charge is -2.27. The van der Waals surface area contributed by atoms with Gasteiger partial charge in [0, 0.05) is 12.1 Å². The highest BCUT2D eigenvalue weighted by Crippen LogP contribution is 2.30. The van der Waals surface area contributed by atoms with Crippen LogP contribution in [0.4, 0.5) is 4.39 Å². The van der Waals surface area contributed by atoms with Crippen molar-refractivity contribution >= 4 is 15.9 Å². The number of halogens is 2. The standard InChI is InChI=1S/C11H15BrFNO/c1-2-6-11(15,7-14)8-4-3-5-9(12)10(8)13/h3-5,15H,2,6-7,14H2,1H3. The van der Waals surface area contributed by atoms with E-state index in [-0.39, 0.29) is 12.1 Å². The predicted octanol–water partition coefficient (Wildman–Crippen LogP) is 2.53. The van der Waals surface area contributed by atoms with Crippen LogP contribution in [-0.2, 0) is 5.60 Å². The Morgan fingerprint density at radius 1 is 1.53 bits per heavy atom. The van der Waals surface area contributed by atoms with Gasteiger partial charge < -0.3 is 10.8 Å². The Labute approximate surface area is 97.4 Å². The molecule has 0 saturated carbocycles. The number of aliphatic hydroxyl groups is 1. The van der Waals surface area contributed by atoms with Crippen molar-refractivity contribution in [1.29, 1.82) is 0 Å². The molecule has 4 heteroatoms. The summed E-state index contributed by atoms with van der Waals surface area (Å²) in [5.41, 5.74) is 4.52. The van der Waals surface area contributed by atoms with Crippen LogP contribution in [0.5, 0.6) is 0 Å². The largest absolute Gasteiger partial charge is 0.384 e. The number of rotatable bonds is 4. The van der Waals surface area contributed by atoms with E-state index in [0.717, 1.165) is 6.42 Å². The van der Waals surface area contributed by atoms with Crippen LogP contribution in [0.2, 0.25) is 0 Å². The molecule has 1 aromatic carbocycles. The van der Waals surface area contributed by atoms with Crippen LogP contribution < -0.4 is 5.73 Å². The predicted molar refractivity (Wildman–Crippen MR) is 62.0 cm³/mol. The summed E-state index contributed by atoms with van der Waals surface area (Å²) in [5, 5.41) is 10.2. The molecule has 0 heterocycles. The molecule has 0 saturated heterocycles. The molecule has 0 aliphatic carbocycles. The van der Waals surface area contributed by atoms with Gasteiger partial charge in [-0.2, -0.15) is 0 Å². The third-order valence-electron chi connectivity index (χ3n) is 2.45. The molecule has 0 radical (unpaired) electrons. The van der Waals surface area contributed by atoms with Crippen LogP contribution in [0.15, 0.2) is 22.7 Å². The Bertz CT molecular complexity index is 345. The Kier molecular flexibility index (Phi) is 4.25. The third kappa shape index (κ3) is 2.56. The fourth-order valence-electron chi connectivity index (χ4n) is 1.62. The normalized spacial score (nSPS) is 15.0. The van der Waals surface area contributed by atoms with Crippen LogP contribution in [0.1, 0.15) is 25.3 Å². The van der Waals surface area contributed by atoms with Crippen molar-refractivity contribution in [2.75, 3.05) is 6.54 Å². The SMILES string of the molecule is CCCC(O)(CN)c1cccc(Br)c1F. The van der Waals surface area contributed by atoms with Gasteiger partial charge in [-0.05, 0) is 28.4 Å². The summed E-state index contributed by atoms with van der Waals surface area (Å²) in [5.74, 6) is -0.432. The molecule has 0 aromatic heterocycles. The average molecular weight is 276 g/mol. The van der Waals surface area contributed by atoms with E-state index in [1.54, 1.807) is 18.2 Å². The zero-order valence-electron chi connectivity index (χ0n) is 8.63. The van der Waals surface area contributed by atoms with Crippen molar-refractivity contribution in [3.63, 3.8) is 0 Å². The topological polar surface area (TPSA) is 46.2 Å². The van der Waals surface area contributed by atoms with Crippen LogP contribution in [0.3, 0.4) is 0 Å². The number of hydrogen-bond donors (Lipinski definition) is 2. The Morgan fingerprint density at radius 3 is 2.73 bits per heavy atom. The summed E-state index contributed by atoms with van der Waals surface area (Å²) in [6.07, 6.45) is 1.20. The fraction of sp³-hybridized carbons (Fsp3) is 0.455. The molecule has 1 unspecified atom stereocenters. The minimum absolute atomic E-state index is 0.0220. The van der Waals surface area contributed by atoms with Gasteiger partial charge in [0.25, 0.3) is 0 Å². The molecular formula is C11H15BrFNO. The maximum atomic E-state index is 13.7. The quantitative estimate of drug-likeness (QED) is 0.887. The fourth-order valence-corrected chi connectivity index (χ4v) is 1.99. The highest BCUT2D eigenvalue weighted by Gasteiger charge is 2.30. The van der Waals surface area contributed by atoms with Gasteiger partial charge in [0.05, 0.1) is 4.47 Å². The van der Waals surface area contributed by atoms with Crippen molar-refractivity contribution < 1.29 is 9.50 Å². The van der Waals surface area contributed by atoms with Crippen LogP contribution in [0.25, 0.3) is 0 Å². The summed E-state index contributed by atoms with van der Waals surface area (Å²) in [6.45, 7) is 1.95. The molecule has 0 bridgehead atoms. The van der Waals surface area contributed by atoms with Crippen LogP contribution in [-0.4, -0.2) is 11.7 Å². The van der Waals surface area contributed by atoms with Crippen molar-refractivity contribution in [2.45, 2.75) is 25.4 Å². The molecular weight excluding hydrogens is 261 g/mol. The van der Waals surface area contributed by atoms with Crippen molar-refractivity contribution in [3.05, 3.63) is 34.1 Å². The smallest absolute Gasteiger partial charge is 0.143 e. The maximum absolute atomic E-state index is 13.7. The van der Waals surface area contributed by atoms with Gasteiger partial charge in [-0.3, -0.25) is 0 Å². The molecule has 15 heavy (non-hydrogen) atoms. The monoisotopic (exact) mass is 275 g/mol. The van der Waals surface area contributed by atoms with Crippen molar-refractivity contribution in [3.8, 4) is 0 Å². The Balaban J connectivity index is 3.17. The zero-order chi connectivity index (χ0) is 11.5. The summed E-state index contributed by atoms with van der Waals surface area (Å²) in [7, 11) is 0. The van der Waals surface area contributed by atoms with Crippen molar-refractivity contribution in [2.24, 2.45) is 5.73 Å². The number of nitrogens with two attached hydrogens (primary N) is 1. The minimum Gasteiger partial charge on any atom is -0.384 e. The summed E-state index contributed by atoms with van der Waals surface area (Å²) < 4.78 is 14.1. The van der Waals surface area contributed by atoms with E-state index in [0.29, 0.717) is 10.9 Å². The highest BCUT2D eigenvalue weighted by atomic mass is 79.9. The van der Waals surface area contributed by atoms with Gasteiger partial charge in [0.1, 0.15) is 11.4 Å². The summed E-state index contributed by atoms with van der Waals surface area (Å²) in [4.78, 5) is 0. The number of hydrogen-bond acceptors (Lipinski definition) is 2. The highest BCUT2D eigenvalue weighted by molar-refractivity contribution is 9.10. The van der Waals surface area contributed by atoms with Gasteiger partial charge in [0.15, 0.2) is 0 Å². The molecule has 84 valence electrons. The first kappa shape index (κ1) is 12.6. The molecule has 0 amide bonds. The average Bonchev–Trinajstić information content (AvgIpc) is 2.22. The molecule has 0 aliphatic heterocycles. The Morgan fingerprint density at radius 2 is 2.20 bits per heavy atom. The first-order chi connectivity index (χ1) is 7.05.